The summed E-state index contributed by atoms with van der Waals surface area (Å²) in [6.45, 7) is 4.85. The molecule has 1 N–H and O–H groups in total. The number of nitrogens with zero attached hydrogens (tertiary/aromatic N) is 3. The average Bonchev–Trinajstić information content (AvgIpc) is 2.85. The maximum Gasteiger partial charge on any atom is 0.227 e. The first-order valence-corrected chi connectivity index (χ1v) is 6.92. The molecule has 1 aromatic rings. The summed E-state index contributed by atoms with van der Waals surface area (Å²) < 4.78 is 5.09. The van der Waals surface area contributed by atoms with E-state index in [0.717, 1.165) is 17.8 Å². The number of likely N-dealkylation sites (N-methyl/N-ethyl adjacent to an activating group) is 1. The Morgan fingerprint density at radius 3 is 2.75 bits per heavy atom. The SMILES string of the molecule is Cc1noc(C)c1CC(=O)N1CC(O)CC1CN(C)C. The highest BCUT2D eigenvalue weighted by atomic mass is 16.5. The molecule has 0 saturated carbocycles. The van der Waals surface area contributed by atoms with Gasteiger partial charge in [0.1, 0.15) is 5.76 Å². The molecule has 1 aliphatic heterocycles. The van der Waals surface area contributed by atoms with Crippen LogP contribution in [0.1, 0.15) is 23.4 Å². The third kappa shape index (κ3) is 3.19. The minimum absolute atomic E-state index is 0.0304. The first kappa shape index (κ1) is 15.0. The topological polar surface area (TPSA) is 69.8 Å². The van der Waals surface area contributed by atoms with Crippen LogP contribution in [0, 0.1) is 13.8 Å². The number of amides is 1. The van der Waals surface area contributed by atoms with Crippen molar-refractivity contribution in [2.45, 2.75) is 38.8 Å². The van der Waals surface area contributed by atoms with Gasteiger partial charge in [-0.2, -0.15) is 0 Å². The van der Waals surface area contributed by atoms with Gasteiger partial charge in [-0.1, -0.05) is 5.16 Å². The van der Waals surface area contributed by atoms with Crippen LogP contribution in [0.3, 0.4) is 0 Å². The van der Waals surface area contributed by atoms with Crippen molar-refractivity contribution >= 4 is 5.91 Å². The summed E-state index contributed by atoms with van der Waals surface area (Å²) in [5.41, 5.74) is 1.62. The van der Waals surface area contributed by atoms with E-state index in [1.807, 2.05) is 32.8 Å². The lowest BCUT2D eigenvalue weighted by atomic mass is 10.1. The van der Waals surface area contributed by atoms with Crippen LogP contribution in [-0.4, -0.2) is 65.3 Å². The molecule has 20 heavy (non-hydrogen) atoms. The summed E-state index contributed by atoms with van der Waals surface area (Å²) in [6, 6.07) is 0.0768. The average molecular weight is 281 g/mol. The van der Waals surface area contributed by atoms with E-state index in [1.54, 1.807) is 4.90 Å². The number of likely N-dealkylation sites (tertiary alicyclic amines) is 1. The second kappa shape index (κ2) is 5.93. The standard InChI is InChI=1S/C14H23N3O3/c1-9-13(10(2)20-15-9)6-14(19)17-8-12(18)5-11(17)7-16(3)4/h11-12,18H,5-8H2,1-4H3. The van der Waals surface area contributed by atoms with Gasteiger partial charge in [0, 0.05) is 24.7 Å². The predicted molar refractivity (Wildman–Crippen MR) is 74.4 cm³/mol. The number of aromatic nitrogens is 1. The molecule has 1 fully saturated rings. The van der Waals surface area contributed by atoms with Crippen LogP contribution >= 0.6 is 0 Å². The molecule has 0 aromatic carbocycles. The predicted octanol–water partition coefficient (Wildman–Crippen LogP) is 0.357. The smallest absolute Gasteiger partial charge is 0.227 e. The van der Waals surface area contributed by atoms with Crippen LogP contribution in [0.2, 0.25) is 0 Å². The number of hydrogen-bond acceptors (Lipinski definition) is 5. The fourth-order valence-corrected chi connectivity index (χ4v) is 2.80. The molecule has 6 nitrogen and oxygen atoms in total. The van der Waals surface area contributed by atoms with Gasteiger partial charge in [-0.15, -0.1) is 0 Å². The number of rotatable bonds is 4. The van der Waals surface area contributed by atoms with E-state index in [1.165, 1.54) is 0 Å². The van der Waals surface area contributed by atoms with E-state index in [9.17, 15) is 9.90 Å². The first-order valence-electron chi connectivity index (χ1n) is 6.92. The van der Waals surface area contributed by atoms with E-state index in [2.05, 4.69) is 5.16 Å². The van der Waals surface area contributed by atoms with Crippen molar-refractivity contribution in [1.29, 1.82) is 0 Å². The van der Waals surface area contributed by atoms with Gasteiger partial charge in [0.25, 0.3) is 0 Å². The number of carbonyl (C=O) groups excluding carboxylic acids is 1. The molecule has 2 rings (SSSR count). The van der Waals surface area contributed by atoms with E-state index < -0.39 is 6.10 Å². The molecule has 6 heteroatoms. The molecule has 0 bridgehead atoms. The first-order chi connectivity index (χ1) is 9.38. The molecule has 1 amide bonds. The number of carbonyl (C=O) groups is 1. The zero-order valence-electron chi connectivity index (χ0n) is 12.6. The molecule has 0 spiro atoms. The van der Waals surface area contributed by atoms with Gasteiger partial charge in [0.15, 0.2) is 0 Å². The van der Waals surface area contributed by atoms with Gasteiger partial charge in [-0.05, 0) is 34.4 Å². The van der Waals surface area contributed by atoms with Gasteiger partial charge in [0.2, 0.25) is 5.91 Å². The largest absolute Gasteiger partial charge is 0.391 e. The Morgan fingerprint density at radius 1 is 1.50 bits per heavy atom. The molecule has 2 heterocycles. The summed E-state index contributed by atoms with van der Waals surface area (Å²) in [5, 5.41) is 13.7. The number of aryl methyl sites for hydroxylation is 2. The Balaban J connectivity index is 2.07. The van der Waals surface area contributed by atoms with Gasteiger partial charge in [-0.25, -0.2) is 0 Å². The molecule has 112 valence electrons. The lowest BCUT2D eigenvalue weighted by Gasteiger charge is -2.26. The van der Waals surface area contributed by atoms with Gasteiger partial charge in [0.05, 0.1) is 18.2 Å². The highest BCUT2D eigenvalue weighted by molar-refractivity contribution is 5.80. The minimum atomic E-state index is -0.423. The Bertz CT molecular complexity index is 465. The number of aliphatic hydroxyl groups excluding tert-OH is 1. The second-order valence-corrected chi connectivity index (χ2v) is 5.83. The summed E-state index contributed by atoms with van der Waals surface area (Å²) in [6.07, 6.45) is 0.511. The second-order valence-electron chi connectivity index (χ2n) is 5.83. The molecule has 1 aromatic heterocycles. The van der Waals surface area contributed by atoms with Gasteiger partial charge in [-0.3, -0.25) is 4.79 Å². The third-order valence-electron chi connectivity index (χ3n) is 3.80. The molecule has 2 atom stereocenters. The Morgan fingerprint density at radius 2 is 2.20 bits per heavy atom. The molecule has 0 aliphatic carbocycles. The number of hydrogen-bond donors (Lipinski definition) is 1. The van der Waals surface area contributed by atoms with Gasteiger partial charge >= 0.3 is 0 Å². The van der Waals surface area contributed by atoms with Crippen molar-refractivity contribution < 1.29 is 14.4 Å². The van der Waals surface area contributed by atoms with Crippen molar-refractivity contribution in [3.05, 3.63) is 17.0 Å². The fourth-order valence-electron chi connectivity index (χ4n) is 2.80. The van der Waals surface area contributed by atoms with Crippen molar-refractivity contribution in [2.75, 3.05) is 27.2 Å². The fraction of sp³-hybridized carbons (Fsp3) is 0.714. The van der Waals surface area contributed by atoms with Crippen LogP contribution in [-0.2, 0) is 11.2 Å². The van der Waals surface area contributed by atoms with E-state index in [4.69, 9.17) is 4.52 Å². The quantitative estimate of drug-likeness (QED) is 0.863. The Hall–Kier alpha value is -1.40. The van der Waals surface area contributed by atoms with Crippen LogP contribution in [0.5, 0.6) is 0 Å². The summed E-state index contributed by atoms with van der Waals surface area (Å²) in [4.78, 5) is 16.3. The monoisotopic (exact) mass is 281 g/mol. The highest BCUT2D eigenvalue weighted by Gasteiger charge is 2.34. The third-order valence-corrected chi connectivity index (χ3v) is 3.80. The molecule has 2 unspecified atom stereocenters. The Kier molecular flexibility index (Phi) is 4.45. The van der Waals surface area contributed by atoms with Crippen LogP contribution in [0.4, 0.5) is 0 Å². The zero-order valence-corrected chi connectivity index (χ0v) is 12.6. The number of aliphatic hydroxyl groups is 1. The molecule has 1 aliphatic rings. The van der Waals surface area contributed by atoms with Crippen LogP contribution < -0.4 is 0 Å². The van der Waals surface area contributed by atoms with Gasteiger partial charge < -0.3 is 19.4 Å². The normalized spacial score (nSPS) is 22.8. The minimum Gasteiger partial charge on any atom is -0.391 e. The highest BCUT2D eigenvalue weighted by Crippen LogP contribution is 2.21. The van der Waals surface area contributed by atoms with Crippen molar-refractivity contribution in [1.82, 2.24) is 15.0 Å². The molecule has 1 saturated heterocycles. The summed E-state index contributed by atoms with van der Waals surface area (Å²) >= 11 is 0. The molecular weight excluding hydrogens is 258 g/mol. The molecule has 0 radical (unpaired) electrons. The van der Waals surface area contributed by atoms with E-state index in [0.29, 0.717) is 18.7 Å². The lowest BCUT2D eigenvalue weighted by molar-refractivity contribution is -0.131. The zero-order chi connectivity index (χ0) is 14.9. The lowest BCUT2D eigenvalue weighted by Crippen LogP contribution is -2.42. The Labute approximate surface area is 119 Å². The van der Waals surface area contributed by atoms with Crippen molar-refractivity contribution in [2.24, 2.45) is 0 Å². The maximum atomic E-state index is 12.5. The van der Waals surface area contributed by atoms with Crippen LogP contribution in [0.15, 0.2) is 4.52 Å². The van der Waals surface area contributed by atoms with E-state index in [-0.39, 0.29) is 18.4 Å². The van der Waals surface area contributed by atoms with Crippen LogP contribution in [0.25, 0.3) is 0 Å². The van der Waals surface area contributed by atoms with Crippen molar-refractivity contribution in [3.8, 4) is 0 Å². The number of β-amino-alcohol motifs (C(OH)–C–C–N with tert-alkyl or cyclic N) is 1. The van der Waals surface area contributed by atoms with E-state index >= 15 is 0 Å². The summed E-state index contributed by atoms with van der Waals surface area (Å²) in [5.74, 6) is 0.725. The molecular formula is C14H23N3O3. The summed E-state index contributed by atoms with van der Waals surface area (Å²) in [7, 11) is 3.95. The van der Waals surface area contributed by atoms with Crippen molar-refractivity contribution in [3.63, 3.8) is 0 Å². The maximum absolute atomic E-state index is 12.5.